The lowest BCUT2D eigenvalue weighted by Crippen LogP contribution is -1.89. The monoisotopic (exact) mass is 200 g/mol. The van der Waals surface area contributed by atoms with E-state index in [1.807, 2.05) is 24.4 Å². The van der Waals surface area contributed by atoms with E-state index < -0.39 is 0 Å². The zero-order chi connectivity index (χ0) is 10.3. The van der Waals surface area contributed by atoms with Gasteiger partial charge in [0.15, 0.2) is 11.5 Å². The van der Waals surface area contributed by atoms with Crippen LogP contribution >= 0.6 is 0 Å². The predicted molar refractivity (Wildman–Crippen MR) is 54.2 cm³/mol. The third-order valence-electron chi connectivity index (χ3n) is 2.26. The fraction of sp³-hybridized carbons (Fsp3) is 0.100. The number of hydrogen-bond acceptors (Lipinski definition) is 4. The second-order valence-corrected chi connectivity index (χ2v) is 3.21. The van der Waals surface area contributed by atoms with Crippen LogP contribution in [0.4, 0.5) is 0 Å². The highest BCUT2D eigenvalue weighted by Crippen LogP contribution is 2.15. The fourth-order valence-electron chi connectivity index (χ4n) is 1.59. The first-order valence-corrected chi connectivity index (χ1v) is 4.58. The van der Waals surface area contributed by atoms with Crippen LogP contribution in [0.3, 0.4) is 0 Å². The molecule has 74 valence electrons. The van der Waals surface area contributed by atoms with Crippen LogP contribution in [0.25, 0.3) is 16.6 Å². The van der Waals surface area contributed by atoms with Gasteiger partial charge in [0, 0.05) is 17.8 Å². The Morgan fingerprint density at radius 1 is 1.33 bits per heavy atom. The van der Waals surface area contributed by atoms with Crippen molar-refractivity contribution in [2.24, 2.45) is 0 Å². The molecule has 0 saturated heterocycles. The van der Waals surface area contributed by atoms with Crippen molar-refractivity contribution in [3.05, 3.63) is 36.4 Å². The highest BCUT2D eigenvalue weighted by molar-refractivity contribution is 5.89. The van der Waals surface area contributed by atoms with Crippen molar-refractivity contribution in [1.29, 1.82) is 0 Å². The SMILES string of the molecule is OCc1nc2c3ncccc3ccn2n1. The molecule has 3 rings (SSSR count). The Labute approximate surface area is 85.0 Å². The predicted octanol–water partition coefficient (Wildman–Crippen LogP) is 0.770. The summed E-state index contributed by atoms with van der Waals surface area (Å²) in [6, 6.07) is 5.77. The molecule has 0 radical (unpaired) electrons. The van der Waals surface area contributed by atoms with E-state index in [0.29, 0.717) is 11.5 Å². The van der Waals surface area contributed by atoms with Crippen molar-refractivity contribution in [1.82, 2.24) is 19.6 Å². The molecule has 0 fully saturated rings. The lowest BCUT2D eigenvalue weighted by Gasteiger charge is -1.96. The van der Waals surface area contributed by atoms with Crippen molar-refractivity contribution in [3.8, 4) is 0 Å². The topological polar surface area (TPSA) is 63.3 Å². The molecule has 0 unspecified atom stereocenters. The number of aromatic nitrogens is 4. The summed E-state index contributed by atoms with van der Waals surface area (Å²) in [5.41, 5.74) is 1.48. The van der Waals surface area contributed by atoms with Crippen LogP contribution < -0.4 is 0 Å². The van der Waals surface area contributed by atoms with Gasteiger partial charge in [0.1, 0.15) is 12.1 Å². The van der Waals surface area contributed by atoms with Crippen LogP contribution in [0.1, 0.15) is 5.82 Å². The first kappa shape index (κ1) is 8.31. The van der Waals surface area contributed by atoms with E-state index in [-0.39, 0.29) is 6.61 Å². The van der Waals surface area contributed by atoms with Crippen LogP contribution in [-0.4, -0.2) is 24.7 Å². The second-order valence-electron chi connectivity index (χ2n) is 3.21. The number of fused-ring (bicyclic) bond motifs is 3. The maximum atomic E-state index is 8.95. The lowest BCUT2D eigenvalue weighted by molar-refractivity contribution is 0.271. The molecule has 0 spiro atoms. The minimum Gasteiger partial charge on any atom is -0.388 e. The lowest BCUT2D eigenvalue weighted by atomic mass is 10.2. The average molecular weight is 200 g/mol. The molecule has 3 aromatic heterocycles. The molecule has 3 aromatic rings. The number of aliphatic hydroxyl groups excluding tert-OH is 1. The number of aliphatic hydroxyl groups is 1. The molecule has 5 nitrogen and oxygen atoms in total. The third kappa shape index (κ3) is 1.17. The van der Waals surface area contributed by atoms with Gasteiger partial charge in [-0.25, -0.2) is 9.50 Å². The molecular formula is C10H8N4O. The van der Waals surface area contributed by atoms with Crippen molar-refractivity contribution in [3.63, 3.8) is 0 Å². The van der Waals surface area contributed by atoms with E-state index in [2.05, 4.69) is 15.1 Å². The minimum absolute atomic E-state index is 0.157. The van der Waals surface area contributed by atoms with Crippen LogP contribution in [0.5, 0.6) is 0 Å². The standard InChI is InChI=1S/C10H8N4O/c15-6-8-12-10-9-7(2-1-4-11-9)3-5-14(10)13-8/h1-5,15H,6H2. The van der Waals surface area contributed by atoms with Gasteiger partial charge in [0.05, 0.1) is 0 Å². The summed E-state index contributed by atoms with van der Waals surface area (Å²) in [7, 11) is 0. The van der Waals surface area contributed by atoms with Gasteiger partial charge in [-0.15, -0.1) is 5.10 Å². The molecule has 0 atom stereocenters. The summed E-state index contributed by atoms with van der Waals surface area (Å²) in [5, 5.41) is 14.1. The maximum absolute atomic E-state index is 8.95. The van der Waals surface area contributed by atoms with Gasteiger partial charge in [-0.3, -0.25) is 4.98 Å². The van der Waals surface area contributed by atoms with Gasteiger partial charge in [0.2, 0.25) is 0 Å². The van der Waals surface area contributed by atoms with Gasteiger partial charge in [-0.2, -0.15) is 0 Å². The Morgan fingerprint density at radius 2 is 2.27 bits per heavy atom. The second kappa shape index (κ2) is 2.99. The van der Waals surface area contributed by atoms with Crippen molar-refractivity contribution < 1.29 is 5.11 Å². The van der Waals surface area contributed by atoms with E-state index in [1.165, 1.54) is 0 Å². The first-order chi connectivity index (χ1) is 7.38. The number of hydrogen-bond donors (Lipinski definition) is 1. The molecule has 0 aromatic carbocycles. The molecule has 3 heterocycles. The van der Waals surface area contributed by atoms with Crippen LogP contribution in [-0.2, 0) is 6.61 Å². The Kier molecular flexibility index (Phi) is 1.66. The summed E-state index contributed by atoms with van der Waals surface area (Å²) in [5.74, 6) is 0.410. The number of rotatable bonds is 1. The Hall–Kier alpha value is -2.01. The fourth-order valence-corrected chi connectivity index (χ4v) is 1.59. The van der Waals surface area contributed by atoms with Gasteiger partial charge in [-0.05, 0) is 12.1 Å². The Bertz CT molecular complexity index is 631. The molecule has 1 N–H and O–H groups in total. The molecular weight excluding hydrogens is 192 g/mol. The van der Waals surface area contributed by atoms with E-state index >= 15 is 0 Å². The largest absolute Gasteiger partial charge is 0.388 e. The summed E-state index contributed by atoms with van der Waals surface area (Å²) in [6.07, 6.45) is 3.53. The molecule has 0 aliphatic rings. The molecule has 0 aliphatic carbocycles. The summed E-state index contributed by atoms with van der Waals surface area (Å²) < 4.78 is 1.63. The van der Waals surface area contributed by atoms with E-state index in [0.717, 1.165) is 10.9 Å². The first-order valence-electron chi connectivity index (χ1n) is 4.58. The van der Waals surface area contributed by atoms with Gasteiger partial charge >= 0.3 is 0 Å². The third-order valence-corrected chi connectivity index (χ3v) is 2.26. The molecule has 0 amide bonds. The molecule has 0 saturated carbocycles. The Balaban J connectivity index is 2.47. The summed E-state index contributed by atoms with van der Waals surface area (Å²) >= 11 is 0. The van der Waals surface area contributed by atoms with Crippen molar-refractivity contribution >= 4 is 16.6 Å². The zero-order valence-electron chi connectivity index (χ0n) is 7.83. The molecule has 5 heteroatoms. The number of pyridine rings is 2. The van der Waals surface area contributed by atoms with Crippen LogP contribution in [0, 0.1) is 0 Å². The summed E-state index contributed by atoms with van der Waals surface area (Å²) in [4.78, 5) is 8.45. The van der Waals surface area contributed by atoms with Crippen molar-refractivity contribution in [2.75, 3.05) is 0 Å². The highest BCUT2D eigenvalue weighted by Gasteiger charge is 2.06. The van der Waals surface area contributed by atoms with Crippen molar-refractivity contribution in [2.45, 2.75) is 6.61 Å². The van der Waals surface area contributed by atoms with Gasteiger partial charge in [0.25, 0.3) is 0 Å². The number of nitrogens with zero attached hydrogens (tertiary/aromatic N) is 4. The highest BCUT2D eigenvalue weighted by atomic mass is 16.3. The zero-order valence-corrected chi connectivity index (χ0v) is 7.83. The maximum Gasteiger partial charge on any atom is 0.181 e. The van der Waals surface area contributed by atoms with Gasteiger partial charge in [-0.1, -0.05) is 6.07 Å². The normalized spacial score (nSPS) is 11.3. The average Bonchev–Trinajstić information content (AvgIpc) is 2.72. The minimum atomic E-state index is -0.157. The molecule has 15 heavy (non-hydrogen) atoms. The smallest absolute Gasteiger partial charge is 0.181 e. The quantitative estimate of drug-likeness (QED) is 0.630. The van der Waals surface area contributed by atoms with E-state index in [1.54, 1.807) is 10.7 Å². The molecule has 0 bridgehead atoms. The van der Waals surface area contributed by atoms with Crippen LogP contribution in [0.2, 0.25) is 0 Å². The van der Waals surface area contributed by atoms with Gasteiger partial charge < -0.3 is 5.11 Å². The molecule has 0 aliphatic heterocycles. The van der Waals surface area contributed by atoms with E-state index in [4.69, 9.17) is 5.11 Å². The summed E-state index contributed by atoms with van der Waals surface area (Å²) in [6.45, 7) is -0.157. The Morgan fingerprint density at radius 3 is 3.13 bits per heavy atom. The van der Waals surface area contributed by atoms with E-state index in [9.17, 15) is 0 Å². The van der Waals surface area contributed by atoms with Crippen LogP contribution in [0.15, 0.2) is 30.6 Å².